The number of carbonyl (C=O) groups is 1. The molecule has 0 bridgehead atoms. The zero-order chi connectivity index (χ0) is 11.9. The van der Waals surface area contributed by atoms with Crippen molar-refractivity contribution < 1.29 is 4.79 Å². The topological polar surface area (TPSA) is 37.6 Å². The smallest absolute Gasteiger partial charge is 0.180 e. The van der Waals surface area contributed by atoms with Gasteiger partial charge in [0.1, 0.15) is 17.3 Å². The summed E-state index contributed by atoms with van der Waals surface area (Å²) < 4.78 is 2.00. The van der Waals surface area contributed by atoms with Crippen LogP contribution in [0.2, 0.25) is 0 Å². The third-order valence-corrected chi connectivity index (χ3v) is 2.60. The molecule has 4 nitrogen and oxygen atoms in total. The van der Waals surface area contributed by atoms with E-state index in [0.29, 0.717) is 5.69 Å². The van der Waals surface area contributed by atoms with Crippen LogP contribution >= 0.6 is 0 Å². The zero-order valence-electron chi connectivity index (χ0n) is 9.98. The number of nitrogens with zero attached hydrogens (tertiary/aromatic N) is 3. The Morgan fingerprint density at radius 3 is 2.62 bits per heavy atom. The molecule has 4 heteroatoms. The van der Waals surface area contributed by atoms with E-state index in [4.69, 9.17) is 0 Å². The van der Waals surface area contributed by atoms with E-state index in [1.165, 1.54) is 0 Å². The first-order chi connectivity index (χ1) is 7.52. The highest BCUT2D eigenvalue weighted by Crippen LogP contribution is 2.20. The van der Waals surface area contributed by atoms with Crippen molar-refractivity contribution in [2.24, 2.45) is 0 Å². The van der Waals surface area contributed by atoms with Crippen LogP contribution in [0.3, 0.4) is 0 Å². The van der Waals surface area contributed by atoms with Gasteiger partial charge in [-0.25, -0.2) is 4.98 Å². The zero-order valence-corrected chi connectivity index (χ0v) is 9.98. The predicted octanol–water partition coefficient (Wildman–Crippen LogP) is 1.91. The monoisotopic (exact) mass is 217 g/mol. The van der Waals surface area contributed by atoms with E-state index in [0.717, 1.165) is 17.2 Å². The van der Waals surface area contributed by atoms with Gasteiger partial charge in [-0.15, -0.1) is 0 Å². The van der Waals surface area contributed by atoms with Crippen molar-refractivity contribution >= 4 is 17.1 Å². The van der Waals surface area contributed by atoms with Gasteiger partial charge in [0.25, 0.3) is 0 Å². The molecule has 0 aliphatic carbocycles. The Labute approximate surface area is 94.5 Å². The van der Waals surface area contributed by atoms with Crippen molar-refractivity contribution in [1.82, 2.24) is 9.38 Å². The van der Waals surface area contributed by atoms with Gasteiger partial charge in [-0.05, 0) is 19.1 Å². The molecular weight excluding hydrogens is 202 g/mol. The van der Waals surface area contributed by atoms with Crippen LogP contribution in [0.15, 0.2) is 18.2 Å². The Morgan fingerprint density at radius 1 is 1.38 bits per heavy atom. The molecule has 2 heterocycles. The largest absolute Gasteiger partial charge is 0.364 e. The maximum atomic E-state index is 11.5. The third-order valence-electron chi connectivity index (χ3n) is 2.60. The molecule has 0 aliphatic heterocycles. The van der Waals surface area contributed by atoms with Gasteiger partial charge in [0.05, 0.1) is 5.52 Å². The fraction of sp³-hybridized carbons (Fsp3) is 0.333. The molecule has 0 radical (unpaired) electrons. The molecule has 2 rings (SSSR count). The number of aromatic nitrogens is 2. The van der Waals surface area contributed by atoms with Crippen molar-refractivity contribution in [3.63, 3.8) is 0 Å². The lowest BCUT2D eigenvalue weighted by atomic mass is 10.2. The third kappa shape index (κ3) is 1.46. The second-order valence-electron chi connectivity index (χ2n) is 4.06. The summed E-state index contributed by atoms with van der Waals surface area (Å²) in [5.74, 6) is 1.86. The molecule has 0 fully saturated rings. The number of fused-ring (bicyclic) bond motifs is 1. The van der Waals surface area contributed by atoms with Crippen LogP contribution in [0.1, 0.15) is 23.2 Å². The molecule has 0 saturated heterocycles. The van der Waals surface area contributed by atoms with Crippen LogP contribution in [-0.4, -0.2) is 29.3 Å². The number of imidazole rings is 1. The van der Waals surface area contributed by atoms with E-state index in [1.54, 1.807) is 6.92 Å². The summed E-state index contributed by atoms with van der Waals surface area (Å²) in [6, 6.07) is 5.87. The summed E-state index contributed by atoms with van der Waals surface area (Å²) >= 11 is 0. The SMILES string of the molecule is CC(=O)c1nc(C)n2c(N(C)C)cccc12. The highest BCUT2D eigenvalue weighted by molar-refractivity contribution is 5.99. The molecule has 2 aromatic heterocycles. The van der Waals surface area contributed by atoms with Crippen molar-refractivity contribution in [1.29, 1.82) is 0 Å². The van der Waals surface area contributed by atoms with Crippen molar-refractivity contribution in [3.05, 3.63) is 29.7 Å². The van der Waals surface area contributed by atoms with Crippen molar-refractivity contribution in [2.45, 2.75) is 13.8 Å². The van der Waals surface area contributed by atoms with Crippen LogP contribution < -0.4 is 4.90 Å². The lowest BCUT2D eigenvalue weighted by molar-refractivity contribution is 0.101. The van der Waals surface area contributed by atoms with Gasteiger partial charge in [0.15, 0.2) is 5.78 Å². The molecule has 0 N–H and O–H groups in total. The Balaban J connectivity index is 2.84. The summed E-state index contributed by atoms with van der Waals surface area (Å²) in [5, 5.41) is 0. The molecule has 0 amide bonds. The minimum atomic E-state index is 0.00139. The van der Waals surface area contributed by atoms with E-state index in [-0.39, 0.29) is 5.78 Å². The number of hydrogen-bond acceptors (Lipinski definition) is 3. The maximum absolute atomic E-state index is 11.5. The maximum Gasteiger partial charge on any atom is 0.180 e. The molecule has 2 aromatic rings. The lowest BCUT2D eigenvalue weighted by Gasteiger charge is -2.15. The summed E-state index contributed by atoms with van der Waals surface area (Å²) in [5.41, 5.74) is 1.41. The molecule has 16 heavy (non-hydrogen) atoms. The Hall–Kier alpha value is -1.84. The average molecular weight is 217 g/mol. The molecular formula is C12H15N3O. The quantitative estimate of drug-likeness (QED) is 0.721. The first-order valence-electron chi connectivity index (χ1n) is 5.18. The van der Waals surface area contributed by atoms with E-state index in [9.17, 15) is 4.79 Å². The van der Waals surface area contributed by atoms with Gasteiger partial charge in [-0.3, -0.25) is 9.20 Å². The first-order valence-corrected chi connectivity index (χ1v) is 5.18. The van der Waals surface area contributed by atoms with Gasteiger partial charge in [-0.1, -0.05) is 6.07 Å². The first kappa shape index (κ1) is 10.7. The fourth-order valence-electron chi connectivity index (χ4n) is 1.90. The minimum absolute atomic E-state index is 0.00139. The minimum Gasteiger partial charge on any atom is -0.364 e. The number of carbonyl (C=O) groups excluding carboxylic acids is 1. The Morgan fingerprint density at radius 2 is 2.06 bits per heavy atom. The lowest BCUT2D eigenvalue weighted by Crippen LogP contribution is -2.13. The van der Waals surface area contributed by atoms with Gasteiger partial charge in [-0.2, -0.15) is 0 Å². The van der Waals surface area contributed by atoms with Crippen molar-refractivity contribution in [3.8, 4) is 0 Å². The number of anilines is 1. The van der Waals surface area contributed by atoms with Crippen molar-refractivity contribution in [2.75, 3.05) is 19.0 Å². The number of hydrogen-bond donors (Lipinski definition) is 0. The number of rotatable bonds is 2. The number of aryl methyl sites for hydroxylation is 1. The normalized spacial score (nSPS) is 10.8. The van der Waals surface area contributed by atoms with Gasteiger partial charge in [0.2, 0.25) is 0 Å². The van der Waals surface area contributed by atoms with E-state index in [2.05, 4.69) is 4.98 Å². The average Bonchev–Trinajstić information content (AvgIpc) is 2.56. The Bertz CT molecular complexity index is 555. The molecule has 84 valence electrons. The van der Waals surface area contributed by atoms with Crippen LogP contribution in [-0.2, 0) is 0 Å². The van der Waals surface area contributed by atoms with Gasteiger partial charge >= 0.3 is 0 Å². The highest BCUT2D eigenvalue weighted by Gasteiger charge is 2.14. The fourth-order valence-corrected chi connectivity index (χ4v) is 1.90. The van der Waals surface area contributed by atoms with Crippen LogP contribution in [0, 0.1) is 6.92 Å². The van der Waals surface area contributed by atoms with E-state index < -0.39 is 0 Å². The summed E-state index contributed by atoms with van der Waals surface area (Å²) in [7, 11) is 3.95. The van der Waals surface area contributed by atoms with Crippen LogP contribution in [0.25, 0.3) is 5.52 Å². The van der Waals surface area contributed by atoms with Crippen LogP contribution in [0.4, 0.5) is 5.82 Å². The van der Waals surface area contributed by atoms with Crippen LogP contribution in [0.5, 0.6) is 0 Å². The second-order valence-corrected chi connectivity index (χ2v) is 4.06. The summed E-state index contributed by atoms with van der Waals surface area (Å²) in [4.78, 5) is 17.8. The number of Topliss-reactive ketones (excluding diaryl/α,β-unsaturated/α-hetero) is 1. The summed E-state index contributed by atoms with van der Waals surface area (Å²) in [6.07, 6.45) is 0. The van der Waals surface area contributed by atoms with Gasteiger partial charge < -0.3 is 4.90 Å². The number of pyridine rings is 1. The molecule has 0 aliphatic rings. The Kier molecular flexibility index (Phi) is 2.42. The standard InChI is InChI=1S/C12H15N3O/c1-8(16)12-10-6-5-7-11(14(3)4)15(10)9(2)13-12/h5-7H,1-4H3. The molecule has 0 atom stereocenters. The molecule has 0 unspecified atom stereocenters. The second kappa shape index (κ2) is 3.63. The molecule has 0 spiro atoms. The molecule has 0 aromatic carbocycles. The van der Waals surface area contributed by atoms with E-state index >= 15 is 0 Å². The predicted molar refractivity (Wildman–Crippen MR) is 64.3 cm³/mol. The van der Waals surface area contributed by atoms with Gasteiger partial charge in [0, 0.05) is 21.0 Å². The summed E-state index contributed by atoms with van der Waals surface area (Å²) in [6.45, 7) is 3.45. The van der Waals surface area contributed by atoms with E-state index in [1.807, 2.05) is 48.5 Å². The molecule has 0 saturated carbocycles. The highest BCUT2D eigenvalue weighted by atomic mass is 16.1. The number of ketones is 1.